The third kappa shape index (κ3) is 2.36. The molecule has 106 valence electrons. The third-order valence-electron chi connectivity index (χ3n) is 3.59. The van der Waals surface area contributed by atoms with E-state index in [2.05, 4.69) is 5.32 Å². The molecule has 0 saturated carbocycles. The first kappa shape index (κ1) is 13.2. The summed E-state index contributed by atoms with van der Waals surface area (Å²) in [6, 6.07) is 11.2. The number of benzene rings is 2. The summed E-state index contributed by atoms with van der Waals surface area (Å²) in [7, 11) is 0. The number of para-hydroxylation sites is 1. The Morgan fingerprint density at radius 3 is 2.71 bits per heavy atom. The lowest BCUT2D eigenvalue weighted by atomic mass is 10.1. The molecule has 0 saturated heterocycles. The van der Waals surface area contributed by atoms with Gasteiger partial charge in [-0.25, -0.2) is 0 Å². The van der Waals surface area contributed by atoms with Crippen LogP contribution in [0.2, 0.25) is 0 Å². The number of nitrogen functional groups attached to an aromatic ring is 1. The summed E-state index contributed by atoms with van der Waals surface area (Å²) >= 11 is 0. The quantitative estimate of drug-likeness (QED) is 0.700. The highest BCUT2D eigenvalue weighted by Gasteiger charge is 2.14. The average Bonchev–Trinajstić information content (AvgIpc) is 2.88. The monoisotopic (exact) mass is 280 g/mol. The largest absolute Gasteiger partial charge is 0.463 e. The minimum atomic E-state index is -0.202. The van der Waals surface area contributed by atoms with Gasteiger partial charge in [-0.05, 0) is 37.1 Å². The van der Waals surface area contributed by atoms with Gasteiger partial charge in [-0.1, -0.05) is 24.3 Å². The van der Waals surface area contributed by atoms with Crippen molar-refractivity contribution in [3.63, 3.8) is 0 Å². The second-order valence-corrected chi connectivity index (χ2v) is 5.12. The van der Waals surface area contributed by atoms with Crippen LogP contribution in [0.3, 0.4) is 0 Å². The number of furan rings is 1. The van der Waals surface area contributed by atoms with Crippen LogP contribution in [0, 0.1) is 13.8 Å². The van der Waals surface area contributed by atoms with E-state index in [4.69, 9.17) is 10.2 Å². The third-order valence-corrected chi connectivity index (χ3v) is 3.59. The van der Waals surface area contributed by atoms with Crippen molar-refractivity contribution < 1.29 is 9.21 Å². The van der Waals surface area contributed by atoms with Gasteiger partial charge >= 0.3 is 0 Å². The zero-order valence-electron chi connectivity index (χ0n) is 11.9. The van der Waals surface area contributed by atoms with E-state index in [-0.39, 0.29) is 5.91 Å². The molecular formula is C17H16N2O2. The molecule has 2 aromatic carbocycles. The molecule has 1 aromatic heterocycles. The van der Waals surface area contributed by atoms with Crippen LogP contribution in [0.5, 0.6) is 0 Å². The standard InChI is InChI=1S/C17H16N2O2/c1-10-7-11(2)15(8-14(10)18)19-17(20)13-9-21-16-6-4-3-5-12(13)16/h3-9H,18H2,1-2H3,(H,19,20). The van der Waals surface area contributed by atoms with Crippen LogP contribution in [0.15, 0.2) is 47.1 Å². The summed E-state index contributed by atoms with van der Waals surface area (Å²) < 4.78 is 5.40. The summed E-state index contributed by atoms with van der Waals surface area (Å²) in [6.45, 7) is 3.88. The van der Waals surface area contributed by atoms with E-state index in [1.54, 1.807) is 6.07 Å². The average molecular weight is 280 g/mol. The molecule has 3 N–H and O–H groups in total. The summed E-state index contributed by atoms with van der Waals surface area (Å²) in [5, 5.41) is 3.69. The molecule has 4 nitrogen and oxygen atoms in total. The number of rotatable bonds is 2. The maximum Gasteiger partial charge on any atom is 0.259 e. The Labute approximate surface area is 122 Å². The van der Waals surface area contributed by atoms with Crippen LogP contribution < -0.4 is 11.1 Å². The fraction of sp³-hybridized carbons (Fsp3) is 0.118. The van der Waals surface area contributed by atoms with Crippen molar-refractivity contribution in [3.8, 4) is 0 Å². The zero-order valence-corrected chi connectivity index (χ0v) is 11.9. The lowest BCUT2D eigenvalue weighted by molar-refractivity contribution is 0.102. The molecule has 21 heavy (non-hydrogen) atoms. The number of fused-ring (bicyclic) bond motifs is 1. The SMILES string of the molecule is Cc1cc(C)c(NC(=O)c2coc3ccccc23)cc1N. The second-order valence-electron chi connectivity index (χ2n) is 5.12. The topological polar surface area (TPSA) is 68.3 Å². The number of aryl methyl sites for hydroxylation is 2. The van der Waals surface area contributed by atoms with Crippen molar-refractivity contribution in [1.29, 1.82) is 0 Å². The van der Waals surface area contributed by atoms with Gasteiger partial charge in [-0.2, -0.15) is 0 Å². The molecule has 0 aliphatic carbocycles. The Bertz CT molecular complexity index is 834. The first-order valence-electron chi connectivity index (χ1n) is 6.70. The van der Waals surface area contributed by atoms with E-state index < -0.39 is 0 Å². The highest BCUT2D eigenvalue weighted by atomic mass is 16.3. The number of anilines is 2. The molecule has 3 aromatic rings. The molecule has 0 bridgehead atoms. The lowest BCUT2D eigenvalue weighted by Gasteiger charge is -2.10. The highest BCUT2D eigenvalue weighted by molar-refractivity contribution is 6.12. The maximum absolute atomic E-state index is 12.4. The molecule has 0 fully saturated rings. The van der Waals surface area contributed by atoms with Crippen molar-refractivity contribution in [2.24, 2.45) is 0 Å². The molecule has 1 heterocycles. The van der Waals surface area contributed by atoms with Gasteiger partial charge in [0.05, 0.1) is 5.56 Å². The van der Waals surface area contributed by atoms with Gasteiger partial charge in [0.15, 0.2) is 0 Å². The van der Waals surface area contributed by atoms with Gasteiger partial charge in [0.25, 0.3) is 5.91 Å². The zero-order chi connectivity index (χ0) is 15.0. The Balaban J connectivity index is 1.95. The Hall–Kier alpha value is -2.75. The van der Waals surface area contributed by atoms with Gasteiger partial charge in [0, 0.05) is 16.8 Å². The van der Waals surface area contributed by atoms with Gasteiger partial charge in [-0.15, -0.1) is 0 Å². The summed E-state index contributed by atoms with van der Waals surface area (Å²) in [4.78, 5) is 12.4. The van der Waals surface area contributed by atoms with Crippen molar-refractivity contribution in [3.05, 3.63) is 59.4 Å². The molecular weight excluding hydrogens is 264 g/mol. The van der Waals surface area contributed by atoms with Crippen molar-refractivity contribution in [2.45, 2.75) is 13.8 Å². The fourth-order valence-corrected chi connectivity index (χ4v) is 2.35. The van der Waals surface area contributed by atoms with Gasteiger partial charge in [0.2, 0.25) is 0 Å². The first-order chi connectivity index (χ1) is 10.1. The molecule has 3 rings (SSSR count). The number of nitrogens with one attached hydrogen (secondary N) is 1. The Kier molecular flexibility index (Phi) is 3.14. The van der Waals surface area contributed by atoms with Crippen molar-refractivity contribution in [1.82, 2.24) is 0 Å². The highest BCUT2D eigenvalue weighted by Crippen LogP contribution is 2.25. The molecule has 0 unspecified atom stereocenters. The number of carbonyl (C=O) groups excluding carboxylic acids is 1. The maximum atomic E-state index is 12.4. The van der Waals surface area contributed by atoms with E-state index in [1.165, 1.54) is 6.26 Å². The normalized spacial score (nSPS) is 10.8. The van der Waals surface area contributed by atoms with E-state index in [0.29, 0.717) is 22.5 Å². The van der Waals surface area contributed by atoms with E-state index in [9.17, 15) is 4.79 Å². The number of hydrogen-bond donors (Lipinski definition) is 2. The molecule has 0 aliphatic heterocycles. The minimum absolute atomic E-state index is 0.202. The summed E-state index contributed by atoms with van der Waals surface area (Å²) in [5.74, 6) is -0.202. The van der Waals surface area contributed by atoms with Crippen LogP contribution in [-0.4, -0.2) is 5.91 Å². The van der Waals surface area contributed by atoms with Crippen LogP contribution in [0.25, 0.3) is 11.0 Å². The van der Waals surface area contributed by atoms with Gasteiger partial charge in [-0.3, -0.25) is 4.79 Å². The predicted octanol–water partition coefficient (Wildman–Crippen LogP) is 3.88. The van der Waals surface area contributed by atoms with Crippen LogP contribution >= 0.6 is 0 Å². The Morgan fingerprint density at radius 1 is 1.14 bits per heavy atom. The van der Waals surface area contributed by atoms with Crippen LogP contribution in [-0.2, 0) is 0 Å². The molecule has 4 heteroatoms. The molecule has 0 radical (unpaired) electrons. The first-order valence-corrected chi connectivity index (χ1v) is 6.70. The number of hydrogen-bond acceptors (Lipinski definition) is 3. The second kappa shape index (κ2) is 4.98. The summed E-state index contributed by atoms with van der Waals surface area (Å²) in [6.07, 6.45) is 1.48. The molecule has 0 spiro atoms. The molecule has 1 amide bonds. The predicted molar refractivity (Wildman–Crippen MR) is 84.5 cm³/mol. The molecule has 0 atom stereocenters. The summed E-state index contributed by atoms with van der Waals surface area (Å²) in [5.41, 5.74) is 10.5. The van der Waals surface area contributed by atoms with Crippen LogP contribution in [0.1, 0.15) is 21.5 Å². The molecule has 0 aliphatic rings. The number of nitrogens with two attached hydrogens (primary N) is 1. The van der Waals surface area contributed by atoms with E-state index >= 15 is 0 Å². The Morgan fingerprint density at radius 2 is 1.90 bits per heavy atom. The van der Waals surface area contributed by atoms with Gasteiger partial charge in [0.1, 0.15) is 11.8 Å². The van der Waals surface area contributed by atoms with Crippen molar-refractivity contribution >= 4 is 28.3 Å². The minimum Gasteiger partial charge on any atom is -0.463 e. The number of carbonyl (C=O) groups is 1. The van der Waals surface area contributed by atoms with E-state index in [1.807, 2.05) is 44.2 Å². The van der Waals surface area contributed by atoms with Gasteiger partial charge < -0.3 is 15.5 Å². The smallest absolute Gasteiger partial charge is 0.259 e. The number of amides is 1. The van der Waals surface area contributed by atoms with Crippen LogP contribution in [0.4, 0.5) is 11.4 Å². The van der Waals surface area contributed by atoms with Crippen molar-refractivity contribution in [2.75, 3.05) is 11.1 Å². The van der Waals surface area contributed by atoms with E-state index in [0.717, 1.165) is 16.5 Å². The lowest BCUT2D eigenvalue weighted by Crippen LogP contribution is -2.12. The fourth-order valence-electron chi connectivity index (χ4n) is 2.35.